The smallest absolute Gasteiger partial charge is 0.254 e. The molecule has 33 heavy (non-hydrogen) atoms. The van der Waals surface area contributed by atoms with Gasteiger partial charge in [-0.15, -0.1) is 0 Å². The molecule has 4 atom stereocenters. The number of carbonyl (C=O) groups is 3. The van der Waals surface area contributed by atoms with Crippen molar-refractivity contribution in [3.8, 4) is 0 Å². The molecular formula is C23H38N4O5S. The summed E-state index contributed by atoms with van der Waals surface area (Å²) in [5, 5.41) is 3.42. The first-order chi connectivity index (χ1) is 16.0. The summed E-state index contributed by atoms with van der Waals surface area (Å²) >= 11 is 1.44. The predicted octanol–water partition coefficient (Wildman–Crippen LogP) is 2.39. The van der Waals surface area contributed by atoms with Gasteiger partial charge in [0.2, 0.25) is 5.91 Å². The maximum atomic E-state index is 13.3. The standard InChI is InChI=1S/C23H38N4O5S/c1-3-31-26-32-19-12-8-6-4-5-7-10-16(2)20(22(29)25-33-17-13-14-17)24-21(28)18-11-9-15-27(18)23(19)30/h7,10,16-20,26H,3-6,8-9,11-15H2,1-2H3,(H,24,28)(H,25,29)/b10-7-/t16-,18?,19-,20?/m0/s1. The zero-order valence-corrected chi connectivity index (χ0v) is 20.5. The van der Waals surface area contributed by atoms with E-state index in [0.29, 0.717) is 31.2 Å². The summed E-state index contributed by atoms with van der Waals surface area (Å²) in [6.07, 6.45) is 11.1. The van der Waals surface area contributed by atoms with Gasteiger partial charge in [0.15, 0.2) is 6.10 Å². The van der Waals surface area contributed by atoms with Crippen molar-refractivity contribution in [3.63, 3.8) is 0 Å². The van der Waals surface area contributed by atoms with E-state index in [9.17, 15) is 14.4 Å². The van der Waals surface area contributed by atoms with Crippen LogP contribution in [0.15, 0.2) is 12.2 Å². The van der Waals surface area contributed by atoms with Crippen molar-refractivity contribution in [1.29, 1.82) is 0 Å². The van der Waals surface area contributed by atoms with Crippen LogP contribution in [-0.2, 0) is 24.1 Å². The number of carbonyl (C=O) groups excluding carboxylic acids is 3. The fraction of sp³-hybridized carbons (Fsp3) is 0.783. The molecule has 0 radical (unpaired) electrons. The molecule has 0 spiro atoms. The highest BCUT2D eigenvalue weighted by molar-refractivity contribution is 7.98. The first-order valence-corrected chi connectivity index (χ1v) is 13.1. The van der Waals surface area contributed by atoms with Crippen molar-refractivity contribution in [2.45, 2.75) is 95.1 Å². The summed E-state index contributed by atoms with van der Waals surface area (Å²) in [7, 11) is 0. The van der Waals surface area contributed by atoms with Crippen LogP contribution >= 0.6 is 11.9 Å². The fourth-order valence-corrected chi connectivity index (χ4v) is 4.92. The van der Waals surface area contributed by atoms with Gasteiger partial charge in [-0.1, -0.05) is 37.6 Å². The summed E-state index contributed by atoms with van der Waals surface area (Å²) in [4.78, 5) is 51.7. The number of nitrogens with one attached hydrogen (secondary N) is 3. The molecule has 3 aliphatic rings. The van der Waals surface area contributed by atoms with Crippen LogP contribution in [0.2, 0.25) is 0 Å². The molecule has 2 unspecified atom stereocenters. The van der Waals surface area contributed by atoms with E-state index in [0.717, 1.165) is 44.9 Å². The Hall–Kier alpha value is -1.62. The molecule has 1 saturated carbocycles. The minimum absolute atomic E-state index is 0.157. The second-order valence-corrected chi connectivity index (χ2v) is 10.1. The molecule has 2 heterocycles. The molecule has 0 aromatic carbocycles. The summed E-state index contributed by atoms with van der Waals surface area (Å²) in [6.45, 7) is 4.67. The Morgan fingerprint density at radius 3 is 2.76 bits per heavy atom. The normalized spacial score (nSPS) is 30.7. The molecule has 1 aliphatic carbocycles. The number of nitrogens with zero attached hydrogens (tertiary/aromatic N) is 1. The number of fused-ring (bicyclic) bond motifs is 1. The lowest BCUT2D eigenvalue weighted by Gasteiger charge is -2.30. The Balaban J connectivity index is 1.74. The molecule has 2 aliphatic heterocycles. The third-order valence-electron chi connectivity index (χ3n) is 6.24. The van der Waals surface area contributed by atoms with Crippen molar-refractivity contribution < 1.29 is 24.1 Å². The number of hydrogen-bond acceptors (Lipinski definition) is 7. The minimum atomic E-state index is -0.724. The van der Waals surface area contributed by atoms with Crippen LogP contribution < -0.4 is 15.7 Å². The van der Waals surface area contributed by atoms with Gasteiger partial charge in [-0.05, 0) is 63.8 Å². The maximum Gasteiger partial charge on any atom is 0.254 e. The van der Waals surface area contributed by atoms with Gasteiger partial charge in [0, 0.05) is 17.7 Å². The molecule has 0 aromatic rings. The van der Waals surface area contributed by atoms with Crippen molar-refractivity contribution in [2.24, 2.45) is 5.92 Å². The van der Waals surface area contributed by atoms with E-state index in [2.05, 4.69) is 21.8 Å². The molecular weight excluding hydrogens is 444 g/mol. The Labute approximate surface area is 200 Å². The number of amides is 3. The molecule has 1 saturated heterocycles. The lowest BCUT2D eigenvalue weighted by Crippen LogP contribution is -2.55. The van der Waals surface area contributed by atoms with Crippen LogP contribution in [0.25, 0.3) is 0 Å². The van der Waals surface area contributed by atoms with Crippen molar-refractivity contribution >= 4 is 29.7 Å². The Morgan fingerprint density at radius 1 is 1.18 bits per heavy atom. The van der Waals surface area contributed by atoms with E-state index >= 15 is 0 Å². The predicted molar refractivity (Wildman–Crippen MR) is 126 cm³/mol. The Kier molecular flexibility index (Phi) is 10.5. The lowest BCUT2D eigenvalue weighted by molar-refractivity contribution is -0.205. The lowest BCUT2D eigenvalue weighted by atomic mass is 9.99. The number of rotatable bonds is 7. The van der Waals surface area contributed by atoms with Crippen LogP contribution in [0.5, 0.6) is 0 Å². The highest BCUT2D eigenvalue weighted by atomic mass is 32.2. The van der Waals surface area contributed by atoms with E-state index in [1.807, 2.05) is 19.9 Å². The molecule has 9 nitrogen and oxygen atoms in total. The maximum absolute atomic E-state index is 13.3. The average Bonchev–Trinajstić information content (AvgIpc) is 3.51. The third-order valence-corrected chi connectivity index (χ3v) is 7.36. The van der Waals surface area contributed by atoms with E-state index in [4.69, 9.17) is 9.68 Å². The zero-order valence-electron chi connectivity index (χ0n) is 19.7. The molecule has 3 amide bonds. The van der Waals surface area contributed by atoms with Crippen molar-refractivity contribution in [2.75, 3.05) is 13.2 Å². The largest absolute Gasteiger partial charge is 0.342 e. The van der Waals surface area contributed by atoms with E-state index in [1.54, 1.807) is 4.90 Å². The highest BCUT2D eigenvalue weighted by Crippen LogP contribution is 2.32. The van der Waals surface area contributed by atoms with Crippen LogP contribution in [0.4, 0.5) is 0 Å². The average molecular weight is 483 g/mol. The Morgan fingerprint density at radius 2 is 2.00 bits per heavy atom. The van der Waals surface area contributed by atoms with Crippen LogP contribution in [-0.4, -0.2) is 59.2 Å². The minimum Gasteiger partial charge on any atom is -0.342 e. The molecule has 0 bridgehead atoms. The molecule has 3 N–H and O–H groups in total. The van der Waals surface area contributed by atoms with Gasteiger partial charge in [0.05, 0.1) is 6.61 Å². The van der Waals surface area contributed by atoms with Gasteiger partial charge >= 0.3 is 0 Å². The summed E-state index contributed by atoms with van der Waals surface area (Å²) in [6, 6.07) is -1.29. The van der Waals surface area contributed by atoms with Gasteiger partial charge in [0.25, 0.3) is 11.8 Å². The summed E-state index contributed by atoms with van der Waals surface area (Å²) < 4.78 is 2.92. The molecule has 2 fully saturated rings. The fourth-order valence-electron chi connectivity index (χ4n) is 4.14. The first kappa shape index (κ1) is 26.0. The van der Waals surface area contributed by atoms with Gasteiger partial charge in [-0.25, -0.2) is 0 Å². The summed E-state index contributed by atoms with van der Waals surface area (Å²) in [5.41, 5.74) is 2.41. The van der Waals surface area contributed by atoms with E-state index in [-0.39, 0.29) is 23.6 Å². The van der Waals surface area contributed by atoms with Crippen LogP contribution in [0.1, 0.15) is 71.6 Å². The first-order valence-electron chi connectivity index (χ1n) is 12.3. The second-order valence-electron chi connectivity index (χ2n) is 9.01. The van der Waals surface area contributed by atoms with Crippen molar-refractivity contribution in [3.05, 3.63) is 12.2 Å². The van der Waals surface area contributed by atoms with Crippen molar-refractivity contribution in [1.82, 2.24) is 20.6 Å². The van der Waals surface area contributed by atoms with Crippen LogP contribution in [0.3, 0.4) is 0 Å². The van der Waals surface area contributed by atoms with E-state index < -0.39 is 18.2 Å². The highest BCUT2D eigenvalue weighted by Gasteiger charge is 2.39. The van der Waals surface area contributed by atoms with E-state index in [1.165, 1.54) is 11.9 Å². The topological polar surface area (TPSA) is 109 Å². The van der Waals surface area contributed by atoms with Gasteiger partial charge in [-0.2, -0.15) is 0 Å². The van der Waals surface area contributed by atoms with Crippen LogP contribution in [0, 0.1) is 5.92 Å². The molecule has 10 heteroatoms. The summed E-state index contributed by atoms with van der Waals surface area (Å²) in [5.74, 6) is -0.856. The van der Waals surface area contributed by atoms with Gasteiger partial charge in [-0.3, -0.25) is 28.8 Å². The van der Waals surface area contributed by atoms with Gasteiger partial charge in [0.1, 0.15) is 12.1 Å². The Bertz CT molecular complexity index is 702. The van der Waals surface area contributed by atoms with Gasteiger partial charge < -0.3 is 10.2 Å². The molecule has 0 aromatic heterocycles. The quantitative estimate of drug-likeness (QED) is 0.221. The SMILES string of the molecule is CCONO[C@H]1CCCCC/C=C\[C@H](C)C(C(=O)NSC2CC2)NC(=O)C2CCCN2C1=O. The number of allylic oxidation sites excluding steroid dienone is 1. The zero-order chi connectivity index (χ0) is 23.6. The monoisotopic (exact) mass is 482 g/mol. The molecule has 3 rings (SSSR count). The molecule has 186 valence electrons. The third kappa shape index (κ3) is 7.98. The second kappa shape index (κ2) is 13.3. The number of hydrogen-bond donors (Lipinski definition) is 3.